The van der Waals surface area contributed by atoms with Gasteiger partial charge in [0.15, 0.2) is 0 Å². The molecule has 0 aromatic heterocycles. The molecule has 0 radical (unpaired) electrons. The predicted molar refractivity (Wildman–Crippen MR) is 154 cm³/mol. The summed E-state index contributed by atoms with van der Waals surface area (Å²) in [4.78, 5) is 48.1. The average molecular weight is 564 g/mol. The van der Waals surface area contributed by atoms with Gasteiger partial charge >= 0.3 is 0 Å². The van der Waals surface area contributed by atoms with Gasteiger partial charge in [-0.25, -0.2) is 0 Å². The van der Waals surface area contributed by atoms with Crippen LogP contribution in [-0.2, 0) is 14.4 Å². The van der Waals surface area contributed by atoms with E-state index in [4.69, 9.17) is 11.6 Å². The highest BCUT2D eigenvalue weighted by atomic mass is 35.5. The molecule has 2 saturated heterocycles. The fraction of sp³-hybridized carbons (Fsp3) is 0.367. The van der Waals surface area contributed by atoms with Gasteiger partial charge < -0.3 is 19.8 Å². The summed E-state index contributed by atoms with van der Waals surface area (Å²) in [6.07, 6.45) is 7.91. The number of hydrogen-bond donors (Lipinski definition) is 1. The van der Waals surface area contributed by atoms with Crippen molar-refractivity contribution in [2.75, 3.05) is 29.5 Å². The van der Waals surface area contributed by atoms with E-state index in [1.54, 1.807) is 34.9 Å². The maximum Gasteiger partial charge on any atom is 0.251 e. The van der Waals surface area contributed by atoms with Crippen molar-refractivity contribution in [2.45, 2.75) is 35.4 Å². The van der Waals surface area contributed by atoms with E-state index >= 15 is 0 Å². The Kier molecular flexibility index (Phi) is 6.40. The molecule has 2 fully saturated rings. The number of carbonyl (C=O) groups is 3. The number of aliphatic hydroxyl groups is 1. The lowest BCUT2D eigenvalue weighted by Gasteiger charge is -2.39. The van der Waals surface area contributed by atoms with Crippen molar-refractivity contribution in [1.29, 1.82) is 0 Å². The fourth-order valence-corrected chi connectivity index (χ4v) is 9.13. The maximum absolute atomic E-state index is 14.5. The average Bonchev–Trinajstić information content (AvgIpc) is 3.21. The van der Waals surface area contributed by atoms with E-state index in [1.165, 1.54) is 16.7 Å². The van der Waals surface area contributed by atoms with Gasteiger partial charge in [0, 0.05) is 23.5 Å². The predicted octanol–water partition coefficient (Wildman–Crippen LogP) is 3.91. The van der Waals surface area contributed by atoms with Crippen molar-refractivity contribution < 1.29 is 19.5 Å². The van der Waals surface area contributed by atoms with Crippen LogP contribution in [0.1, 0.15) is 13.8 Å². The number of thioether (sulfide) groups is 1. The second-order valence-electron chi connectivity index (χ2n) is 10.8. The largest absolute Gasteiger partial charge is 0.394 e. The highest BCUT2D eigenvalue weighted by molar-refractivity contribution is 8.02. The summed E-state index contributed by atoms with van der Waals surface area (Å²) >= 11 is 8.04. The molecule has 0 aliphatic carbocycles. The van der Waals surface area contributed by atoms with E-state index in [2.05, 4.69) is 0 Å². The molecule has 3 amide bonds. The van der Waals surface area contributed by atoms with E-state index in [0.29, 0.717) is 17.3 Å². The summed E-state index contributed by atoms with van der Waals surface area (Å²) < 4.78 is -1.70. The highest BCUT2D eigenvalue weighted by Gasteiger charge is 2.74. The van der Waals surface area contributed by atoms with Gasteiger partial charge in [0.1, 0.15) is 6.04 Å². The number of hydrogen-bond acceptors (Lipinski definition) is 5. The molecule has 0 saturated carbocycles. The zero-order valence-electron chi connectivity index (χ0n) is 21.7. The van der Waals surface area contributed by atoms with Crippen molar-refractivity contribution in [3.63, 3.8) is 0 Å². The van der Waals surface area contributed by atoms with Crippen LogP contribution in [0.5, 0.6) is 0 Å². The van der Waals surface area contributed by atoms with Crippen LogP contribution in [0.2, 0.25) is 5.02 Å². The number of aliphatic hydroxyl groups excluding tert-OH is 1. The topological polar surface area (TPSA) is 81.2 Å². The number of amides is 3. The number of rotatable bonds is 4. The van der Waals surface area contributed by atoms with E-state index in [9.17, 15) is 19.5 Å². The van der Waals surface area contributed by atoms with Crippen molar-refractivity contribution in [3.8, 4) is 0 Å². The molecule has 4 aliphatic heterocycles. The van der Waals surface area contributed by atoms with Crippen LogP contribution in [0.4, 0.5) is 11.4 Å². The number of para-hydroxylation sites is 2. The summed E-state index contributed by atoms with van der Waals surface area (Å²) in [5.74, 6) is -2.16. The molecule has 6 rings (SSSR count). The molecule has 39 heavy (non-hydrogen) atoms. The van der Waals surface area contributed by atoms with Gasteiger partial charge in [0.25, 0.3) is 5.91 Å². The molecule has 202 valence electrons. The van der Waals surface area contributed by atoms with Crippen LogP contribution >= 0.6 is 23.4 Å². The zero-order valence-corrected chi connectivity index (χ0v) is 23.3. The molecule has 2 aromatic rings. The van der Waals surface area contributed by atoms with E-state index in [1.807, 2.05) is 67.6 Å². The van der Waals surface area contributed by atoms with E-state index < -0.39 is 33.4 Å². The summed E-state index contributed by atoms with van der Waals surface area (Å²) in [7, 11) is 0. The molecular weight excluding hydrogens is 534 g/mol. The minimum absolute atomic E-state index is 0.137. The third-order valence-corrected chi connectivity index (χ3v) is 10.6. The number of fused-ring (bicyclic) bond motifs is 2. The second-order valence-corrected chi connectivity index (χ2v) is 13.0. The number of carbonyl (C=O) groups excluding carboxylic acids is 3. The van der Waals surface area contributed by atoms with Crippen LogP contribution < -0.4 is 9.80 Å². The number of benzene rings is 2. The fourth-order valence-electron chi connectivity index (χ4n) is 6.75. The van der Waals surface area contributed by atoms with Crippen LogP contribution in [0.15, 0.2) is 78.9 Å². The maximum atomic E-state index is 14.5. The Labute approximate surface area is 237 Å². The molecule has 1 unspecified atom stereocenters. The molecule has 6 atom stereocenters. The first-order valence-electron chi connectivity index (χ1n) is 13.1. The van der Waals surface area contributed by atoms with E-state index in [-0.39, 0.29) is 30.9 Å². The lowest BCUT2D eigenvalue weighted by Crippen LogP contribution is -2.56. The van der Waals surface area contributed by atoms with Crippen molar-refractivity contribution in [1.82, 2.24) is 4.90 Å². The Bertz CT molecular complexity index is 1400. The SMILES string of the molecule is C[C@H](CO)N1C(=O)[C@@H]2[C@@H]3C(=O)N(c4ccccc4)CC=C[C@]3(C)S[C@@]23C=CCN(c2ccccc2Cl)C(=O)C13. The van der Waals surface area contributed by atoms with Crippen molar-refractivity contribution in [3.05, 3.63) is 83.9 Å². The molecule has 1 spiro atoms. The molecule has 1 N–H and O–H groups in total. The number of halogens is 1. The van der Waals surface area contributed by atoms with Crippen LogP contribution in [0, 0.1) is 11.8 Å². The normalized spacial score (nSPS) is 32.6. The van der Waals surface area contributed by atoms with Crippen LogP contribution in [-0.4, -0.2) is 69.0 Å². The molecule has 9 heteroatoms. The summed E-state index contributed by atoms with van der Waals surface area (Å²) in [5.41, 5.74) is 1.33. The van der Waals surface area contributed by atoms with Crippen molar-refractivity contribution in [2.24, 2.45) is 11.8 Å². The van der Waals surface area contributed by atoms with Gasteiger partial charge in [0.05, 0.1) is 39.9 Å². The summed E-state index contributed by atoms with van der Waals surface area (Å²) in [6, 6.07) is 15.1. The molecule has 4 heterocycles. The highest BCUT2D eigenvalue weighted by Crippen LogP contribution is 2.66. The Balaban J connectivity index is 1.50. The van der Waals surface area contributed by atoms with Gasteiger partial charge in [-0.15, -0.1) is 11.8 Å². The third-order valence-electron chi connectivity index (χ3n) is 8.45. The second kappa shape index (κ2) is 9.54. The quantitative estimate of drug-likeness (QED) is 0.571. The molecule has 0 bridgehead atoms. The molecule has 4 aliphatic rings. The minimum atomic E-state index is -0.993. The molecule has 7 nitrogen and oxygen atoms in total. The number of likely N-dealkylation sites (tertiary alicyclic amines) is 1. The van der Waals surface area contributed by atoms with Crippen molar-refractivity contribution >= 4 is 52.5 Å². The third kappa shape index (κ3) is 3.79. The number of nitrogens with zero attached hydrogens (tertiary/aromatic N) is 3. The van der Waals surface area contributed by atoms with Crippen LogP contribution in [0.25, 0.3) is 0 Å². The summed E-state index contributed by atoms with van der Waals surface area (Å²) in [5, 5.41) is 10.6. The molecular formula is C30H30ClN3O4S. The van der Waals surface area contributed by atoms with E-state index in [0.717, 1.165) is 5.69 Å². The monoisotopic (exact) mass is 563 g/mol. The number of anilines is 2. The Morgan fingerprint density at radius 3 is 2.31 bits per heavy atom. The first kappa shape index (κ1) is 26.2. The van der Waals surface area contributed by atoms with Gasteiger partial charge in [-0.05, 0) is 38.1 Å². The minimum Gasteiger partial charge on any atom is -0.394 e. The van der Waals surface area contributed by atoms with Gasteiger partial charge in [-0.1, -0.05) is 66.2 Å². The van der Waals surface area contributed by atoms with Gasteiger partial charge in [0.2, 0.25) is 11.8 Å². The van der Waals surface area contributed by atoms with Gasteiger partial charge in [-0.2, -0.15) is 0 Å². The summed E-state index contributed by atoms with van der Waals surface area (Å²) in [6.45, 7) is 4.12. The smallest absolute Gasteiger partial charge is 0.251 e. The lowest BCUT2D eigenvalue weighted by atomic mass is 9.74. The Morgan fingerprint density at radius 1 is 0.923 bits per heavy atom. The Morgan fingerprint density at radius 2 is 1.59 bits per heavy atom. The standard InChI is InChI=1S/C30H30ClN3O4S/c1-19(18-35)34-25-28(38)33(22-13-7-6-12-21(22)31)17-9-15-30(25)24(27(34)37)23-26(36)32(20-10-4-3-5-11-20)16-8-14-29(23,2)39-30/h3-15,19,23-25,35H,16-18H2,1-2H3/t19-,23-,24+,25?,29+,30+/m1/s1. The Hall–Kier alpha value is -3.07. The first-order valence-corrected chi connectivity index (χ1v) is 14.3. The molecule has 2 aromatic carbocycles. The first-order chi connectivity index (χ1) is 18.7. The van der Waals surface area contributed by atoms with Crippen LogP contribution in [0.3, 0.4) is 0 Å². The zero-order chi connectivity index (χ0) is 27.5. The van der Waals surface area contributed by atoms with Gasteiger partial charge in [-0.3, -0.25) is 14.4 Å². The lowest BCUT2D eigenvalue weighted by molar-refractivity contribution is -0.141.